The van der Waals surface area contributed by atoms with Crippen molar-refractivity contribution >= 4 is 23.2 Å². The maximum absolute atomic E-state index is 13.4. The van der Waals surface area contributed by atoms with Crippen LogP contribution in [0, 0.1) is 5.92 Å². The highest BCUT2D eigenvalue weighted by Crippen LogP contribution is 2.49. The third kappa shape index (κ3) is 3.00. The van der Waals surface area contributed by atoms with Gasteiger partial charge in [0.25, 0.3) is 0 Å². The smallest absolute Gasteiger partial charge is 0.315 e. The minimum absolute atomic E-state index is 0.106. The maximum Gasteiger partial charge on any atom is 0.315 e. The summed E-state index contributed by atoms with van der Waals surface area (Å²) in [6, 6.07) is 12.9. The molecule has 0 amide bonds. The van der Waals surface area contributed by atoms with Gasteiger partial charge in [-0.05, 0) is 31.5 Å². The Balaban J connectivity index is 1.93. The van der Waals surface area contributed by atoms with Crippen molar-refractivity contribution in [1.29, 1.82) is 0 Å². The molecule has 30 heavy (non-hydrogen) atoms. The summed E-state index contributed by atoms with van der Waals surface area (Å²) in [5.41, 5.74) is 3.95. The normalized spacial score (nSPS) is 19.7. The maximum atomic E-state index is 13.4. The van der Waals surface area contributed by atoms with Crippen LogP contribution in [0.5, 0.6) is 11.5 Å². The van der Waals surface area contributed by atoms with E-state index >= 15 is 0 Å². The molecule has 6 heteroatoms. The zero-order chi connectivity index (χ0) is 21.4. The lowest BCUT2D eigenvalue weighted by atomic mass is 9.75. The summed E-state index contributed by atoms with van der Waals surface area (Å²) in [6.45, 7) is 3.83. The number of Topliss-reactive ketones (excluding diaryl/α,β-unsaturated/α-hetero) is 1. The number of esters is 1. The molecule has 6 nitrogen and oxygen atoms in total. The fourth-order valence-electron chi connectivity index (χ4n) is 4.29. The number of hydrogen-bond donors (Lipinski definition) is 0. The number of rotatable bonds is 5. The minimum atomic E-state index is -0.694. The number of aliphatic imine (C=N–C) groups is 1. The van der Waals surface area contributed by atoms with Gasteiger partial charge in [-0.25, -0.2) is 0 Å². The summed E-state index contributed by atoms with van der Waals surface area (Å²) < 4.78 is 16.2. The molecule has 2 aromatic rings. The first-order chi connectivity index (χ1) is 14.5. The zero-order valence-corrected chi connectivity index (χ0v) is 17.4. The summed E-state index contributed by atoms with van der Waals surface area (Å²) in [7, 11) is 3.12. The molecule has 2 aromatic carbocycles. The molecule has 1 heterocycles. The number of allylic oxidation sites excluding steroid dienone is 1. The number of carbonyl (C=O) groups is 2. The van der Waals surface area contributed by atoms with Gasteiger partial charge in [-0.2, -0.15) is 0 Å². The van der Waals surface area contributed by atoms with Crippen molar-refractivity contribution in [3.05, 3.63) is 64.7 Å². The van der Waals surface area contributed by atoms with E-state index in [2.05, 4.69) is 0 Å². The Hall–Kier alpha value is -3.41. The van der Waals surface area contributed by atoms with Crippen molar-refractivity contribution < 1.29 is 23.8 Å². The monoisotopic (exact) mass is 405 g/mol. The fourth-order valence-corrected chi connectivity index (χ4v) is 4.29. The summed E-state index contributed by atoms with van der Waals surface area (Å²) in [4.78, 5) is 31.0. The number of benzene rings is 2. The molecule has 1 unspecified atom stereocenters. The number of ketones is 1. The van der Waals surface area contributed by atoms with Gasteiger partial charge in [0.15, 0.2) is 17.3 Å². The van der Waals surface area contributed by atoms with Crippen molar-refractivity contribution in [3.63, 3.8) is 0 Å². The van der Waals surface area contributed by atoms with Crippen LogP contribution in [0.1, 0.15) is 41.3 Å². The lowest BCUT2D eigenvalue weighted by Crippen LogP contribution is -2.35. The molecule has 0 saturated carbocycles. The number of ether oxygens (including phenoxy) is 3. The SMILES string of the molecule is CCOC(=O)C1C(C)=NC2=C(C(=O)c3ccccc32)[C@@H]1c1ccc(OC)c(OC)c1. The van der Waals surface area contributed by atoms with E-state index in [1.165, 1.54) is 0 Å². The average Bonchev–Trinajstić information content (AvgIpc) is 3.04. The Bertz CT molecular complexity index is 1100. The average molecular weight is 405 g/mol. The van der Waals surface area contributed by atoms with Crippen molar-refractivity contribution in [3.8, 4) is 11.5 Å². The van der Waals surface area contributed by atoms with Gasteiger partial charge < -0.3 is 14.2 Å². The Morgan fingerprint density at radius 1 is 1.03 bits per heavy atom. The lowest BCUT2D eigenvalue weighted by molar-refractivity contribution is -0.146. The number of hydrogen-bond acceptors (Lipinski definition) is 6. The predicted molar refractivity (Wildman–Crippen MR) is 113 cm³/mol. The van der Waals surface area contributed by atoms with Gasteiger partial charge in [0.05, 0.1) is 26.5 Å². The summed E-state index contributed by atoms with van der Waals surface area (Å²) in [5, 5.41) is 0. The van der Waals surface area contributed by atoms with E-state index in [0.717, 1.165) is 11.1 Å². The second-order valence-corrected chi connectivity index (χ2v) is 7.21. The molecule has 0 aromatic heterocycles. The molecule has 0 bridgehead atoms. The van der Waals surface area contributed by atoms with E-state index in [1.54, 1.807) is 33.3 Å². The second kappa shape index (κ2) is 7.78. The van der Waals surface area contributed by atoms with Crippen LogP contribution in [-0.4, -0.2) is 38.3 Å². The molecule has 4 rings (SSSR count). The highest BCUT2D eigenvalue weighted by atomic mass is 16.5. The molecular formula is C24H23NO5. The molecule has 154 valence electrons. The molecular weight excluding hydrogens is 382 g/mol. The first-order valence-corrected chi connectivity index (χ1v) is 9.83. The summed E-state index contributed by atoms with van der Waals surface area (Å²) in [5.74, 6) is -0.621. The van der Waals surface area contributed by atoms with E-state index in [-0.39, 0.29) is 12.4 Å². The largest absolute Gasteiger partial charge is 0.493 e. The van der Waals surface area contributed by atoms with Crippen LogP contribution in [-0.2, 0) is 9.53 Å². The third-order valence-corrected chi connectivity index (χ3v) is 5.62. The first-order valence-electron chi connectivity index (χ1n) is 9.83. The van der Waals surface area contributed by atoms with Crippen molar-refractivity contribution in [1.82, 2.24) is 0 Å². The molecule has 2 atom stereocenters. The quantitative estimate of drug-likeness (QED) is 0.702. The van der Waals surface area contributed by atoms with Crippen LogP contribution in [0.2, 0.25) is 0 Å². The summed E-state index contributed by atoms with van der Waals surface area (Å²) >= 11 is 0. The minimum Gasteiger partial charge on any atom is -0.493 e. The van der Waals surface area contributed by atoms with Crippen LogP contribution in [0.3, 0.4) is 0 Å². The van der Waals surface area contributed by atoms with Gasteiger partial charge in [-0.3, -0.25) is 14.6 Å². The molecule has 1 aliphatic heterocycles. The molecule has 0 saturated heterocycles. The van der Waals surface area contributed by atoms with Crippen molar-refractivity contribution in [2.45, 2.75) is 19.8 Å². The van der Waals surface area contributed by atoms with Crippen LogP contribution in [0.4, 0.5) is 0 Å². The van der Waals surface area contributed by atoms with Crippen LogP contribution in [0.25, 0.3) is 5.70 Å². The van der Waals surface area contributed by atoms with E-state index in [0.29, 0.717) is 34.0 Å². The Kier molecular flexibility index (Phi) is 5.16. The molecule has 0 spiro atoms. The predicted octanol–water partition coefficient (Wildman–Crippen LogP) is 4.05. The van der Waals surface area contributed by atoms with E-state index in [4.69, 9.17) is 19.2 Å². The Labute approximate surface area is 175 Å². The van der Waals surface area contributed by atoms with Crippen LogP contribution >= 0.6 is 0 Å². The van der Waals surface area contributed by atoms with Crippen molar-refractivity contribution in [2.24, 2.45) is 10.9 Å². The van der Waals surface area contributed by atoms with Crippen LogP contribution in [0.15, 0.2) is 53.0 Å². The highest BCUT2D eigenvalue weighted by molar-refractivity contribution is 6.24. The Morgan fingerprint density at radius 2 is 1.73 bits per heavy atom. The topological polar surface area (TPSA) is 74.2 Å². The number of methoxy groups -OCH3 is 2. The Morgan fingerprint density at radius 3 is 2.40 bits per heavy atom. The number of fused-ring (bicyclic) bond motifs is 2. The fraction of sp³-hybridized carbons (Fsp3) is 0.292. The number of carbonyl (C=O) groups excluding carboxylic acids is 2. The van der Waals surface area contributed by atoms with Gasteiger partial charge in [0, 0.05) is 28.3 Å². The van der Waals surface area contributed by atoms with E-state index in [9.17, 15) is 9.59 Å². The van der Waals surface area contributed by atoms with Gasteiger partial charge in [0.2, 0.25) is 0 Å². The zero-order valence-electron chi connectivity index (χ0n) is 17.4. The van der Waals surface area contributed by atoms with Crippen LogP contribution < -0.4 is 9.47 Å². The van der Waals surface area contributed by atoms with Gasteiger partial charge in [-0.1, -0.05) is 30.3 Å². The van der Waals surface area contributed by atoms with Gasteiger partial charge >= 0.3 is 5.97 Å². The summed E-state index contributed by atoms with van der Waals surface area (Å²) in [6.07, 6.45) is 0. The van der Waals surface area contributed by atoms with Gasteiger partial charge in [0.1, 0.15) is 5.92 Å². The van der Waals surface area contributed by atoms with E-state index < -0.39 is 17.8 Å². The first kappa shape index (κ1) is 19.9. The van der Waals surface area contributed by atoms with Gasteiger partial charge in [-0.15, -0.1) is 0 Å². The molecule has 0 fully saturated rings. The second-order valence-electron chi connectivity index (χ2n) is 7.21. The van der Waals surface area contributed by atoms with E-state index in [1.807, 2.05) is 37.3 Å². The third-order valence-electron chi connectivity index (χ3n) is 5.62. The number of nitrogens with zero attached hydrogens (tertiary/aromatic N) is 1. The van der Waals surface area contributed by atoms with Crippen molar-refractivity contribution in [2.75, 3.05) is 20.8 Å². The molecule has 2 aliphatic rings. The molecule has 0 radical (unpaired) electrons. The molecule has 1 aliphatic carbocycles. The highest BCUT2D eigenvalue weighted by Gasteiger charge is 2.46. The lowest BCUT2D eigenvalue weighted by Gasteiger charge is -2.30. The molecule has 0 N–H and O–H groups in total. The standard InChI is InChI=1S/C24H23NO5/c1-5-30-24(27)19-13(2)25-22-15-8-6-7-9-16(15)23(26)21(22)20(19)14-10-11-17(28-3)18(12-14)29-4/h6-12,19-20H,5H2,1-4H3/t19?,20-/m1/s1.